The van der Waals surface area contributed by atoms with E-state index in [4.69, 9.17) is 13.9 Å². The van der Waals surface area contributed by atoms with Crippen molar-refractivity contribution in [3.8, 4) is 11.5 Å². The van der Waals surface area contributed by atoms with Gasteiger partial charge in [-0.25, -0.2) is 0 Å². The Morgan fingerprint density at radius 1 is 1.22 bits per heavy atom. The number of hydrogen-bond acceptors (Lipinski definition) is 4. The minimum absolute atomic E-state index is 0.0589. The molecular formula is C18H21NO4. The lowest BCUT2D eigenvalue weighted by molar-refractivity contribution is 0.0937. The Kier molecular flexibility index (Phi) is 4.86. The second-order valence-corrected chi connectivity index (χ2v) is 5.70. The molecule has 122 valence electrons. The Bertz CT molecular complexity index is 651. The van der Waals surface area contributed by atoms with Crippen LogP contribution in [0.4, 0.5) is 0 Å². The van der Waals surface area contributed by atoms with Crippen LogP contribution in [0.5, 0.6) is 11.5 Å². The van der Waals surface area contributed by atoms with Crippen LogP contribution >= 0.6 is 0 Å². The largest absolute Gasteiger partial charge is 0.490 e. The van der Waals surface area contributed by atoms with Crippen LogP contribution in [0.25, 0.3) is 0 Å². The lowest BCUT2D eigenvalue weighted by Crippen LogP contribution is -2.32. The molecule has 5 heteroatoms. The van der Waals surface area contributed by atoms with Crippen molar-refractivity contribution < 1.29 is 18.7 Å². The molecule has 0 radical (unpaired) electrons. The van der Waals surface area contributed by atoms with Gasteiger partial charge in [-0.1, -0.05) is 0 Å². The Hall–Kier alpha value is -2.43. The molecule has 1 atom stereocenters. The third-order valence-corrected chi connectivity index (χ3v) is 3.79. The van der Waals surface area contributed by atoms with Crippen LogP contribution < -0.4 is 14.8 Å². The van der Waals surface area contributed by atoms with Crippen molar-refractivity contribution in [2.24, 2.45) is 0 Å². The predicted octanol–water partition coefficient (Wildman–Crippen LogP) is 3.19. The zero-order valence-electron chi connectivity index (χ0n) is 13.2. The van der Waals surface area contributed by atoms with Gasteiger partial charge in [-0.2, -0.15) is 0 Å². The van der Waals surface area contributed by atoms with Gasteiger partial charge in [0.2, 0.25) is 0 Å². The van der Waals surface area contributed by atoms with E-state index in [9.17, 15) is 4.79 Å². The van der Waals surface area contributed by atoms with Crippen molar-refractivity contribution in [3.63, 3.8) is 0 Å². The number of nitrogens with one attached hydrogen (secondary N) is 1. The Balaban J connectivity index is 1.58. The molecule has 0 unspecified atom stereocenters. The normalized spacial score (nSPS) is 14.8. The maximum atomic E-state index is 12.4. The number of carbonyl (C=O) groups is 1. The molecule has 0 saturated carbocycles. The highest BCUT2D eigenvalue weighted by molar-refractivity contribution is 5.95. The lowest BCUT2D eigenvalue weighted by Gasteiger charge is -2.14. The molecule has 5 nitrogen and oxygen atoms in total. The molecule has 2 aromatic rings. The molecule has 0 fully saturated rings. The quantitative estimate of drug-likeness (QED) is 0.920. The summed E-state index contributed by atoms with van der Waals surface area (Å²) >= 11 is 0. The van der Waals surface area contributed by atoms with Crippen LogP contribution in [0.15, 0.2) is 41.0 Å². The molecule has 1 amide bonds. The summed E-state index contributed by atoms with van der Waals surface area (Å²) < 4.78 is 16.5. The molecule has 23 heavy (non-hydrogen) atoms. The van der Waals surface area contributed by atoms with Crippen LogP contribution in [0.1, 0.15) is 35.9 Å². The first kappa shape index (κ1) is 15.5. The van der Waals surface area contributed by atoms with Crippen molar-refractivity contribution in [2.75, 3.05) is 13.2 Å². The van der Waals surface area contributed by atoms with Gasteiger partial charge in [0.1, 0.15) is 5.76 Å². The minimum atomic E-state index is -0.104. The van der Waals surface area contributed by atoms with Gasteiger partial charge in [0.15, 0.2) is 11.5 Å². The highest BCUT2D eigenvalue weighted by Crippen LogP contribution is 2.30. The van der Waals surface area contributed by atoms with E-state index in [1.807, 2.05) is 19.1 Å². The molecule has 0 bridgehead atoms. The maximum Gasteiger partial charge on any atom is 0.251 e. The van der Waals surface area contributed by atoms with E-state index in [0.29, 0.717) is 30.3 Å². The van der Waals surface area contributed by atoms with Crippen LogP contribution in [-0.4, -0.2) is 25.2 Å². The Morgan fingerprint density at radius 2 is 2.04 bits per heavy atom. The lowest BCUT2D eigenvalue weighted by atomic mass is 10.1. The van der Waals surface area contributed by atoms with Crippen LogP contribution in [0, 0.1) is 0 Å². The first-order chi connectivity index (χ1) is 11.2. The van der Waals surface area contributed by atoms with E-state index in [2.05, 4.69) is 5.32 Å². The summed E-state index contributed by atoms with van der Waals surface area (Å²) in [7, 11) is 0. The number of hydrogen-bond donors (Lipinski definition) is 1. The van der Waals surface area contributed by atoms with Gasteiger partial charge in [-0.3, -0.25) is 4.79 Å². The summed E-state index contributed by atoms with van der Waals surface area (Å²) in [6.07, 6.45) is 4.13. The molecule has 1 N–H and O–H groups in total. The number of rotatable bonds is 5. The van der Waals surface area contributed by atoms with Gasteiger partial charge < -0.3 is 19.2 Å². The molecule has 1 aliphatic heterocycles. The zero-order chi connectivity index (χ0) is 16.1. The minimum Gasteiger partial charge on any atom is -0.490 e. The van der Waals surface area contributed by atoms with Crippen molar-refractivity contribution in [1.82, 2.24) is 5.32 Å². The van der Waals surface area contributed by atoms with Gasteiger partial charge in [0.25, 0.3) is 5.91 Å². The molecule has 3 rings (SSSR count). The highest BCUT2D eigenvalue weighted by atomic mass is 16.5. The molecular weight excluding hydrogens is 294 g/mol. The summed E-state index contributed by atoms with van der Waals surface area (Å²) in [6, 6.07) is 9.18. The molecule has 1 aromatic carbocycles. The summed E-state index contributed by atoms with van der Waals surface area (Å²) in [5.74, 6) is 2.16. The van der Waals surface area contributed by atoms with Crippen molar-refractivity contribution >= 4 is 5.91 Å². The summed E-state index contributed by atoms with van der Waals surface area (Å²) in [6.45, 7) is 3.24. The van der Waals surface area contributed by atoms with Crippen LogP contribution in [-0.2, 0) is 6.42 Å². The number of carbonyl (C=O) groups excluding carboxylic acids is 1. The van der Waals surface area contributed by atoms with E-state index in [1.54, 1.807) is 24.5 Å². The van der Waals surface area contributed by atoms with E-state index in [0.717, 1.165) is 25.0 Å². The summed E-state index contributed by atoms with van der Waals surface area (Å²) in [4.78, 5) is 12.4. The second-order valence-electron chi connectivity index (χ2n) is 5.70. The second kappa shape index (κ2) is 7.22. The fraction of sp³-hybridized carbons (Fsp3) is 0.389. The number of ether oxygens (including phenoxy) is 2. The Labute approximate surface area is 135 Å². The smallest absolute Gasteiger partial charge is 0.251 e. The van der Waals surface area contributed by atoms with Crippen molar-refractivity contribution in [1.29, 1.82) is 0 Å². The molecule has 0 aliphatic carbocycles. The van der Waals surface area contributed by atoms with Gasteiger partial charge in [-0.15, -0.1) is 0 Å². The van der Waals surface area contributed by atoms with Gasteiger partial charge in [0.05, 0.1) is 19.5 Å². The van der Waals surface area contributed by atoms with Crippen molar-refractivity contribution in [3.05, 3.63) is 47.9 Å². The molecule has 1 aromatic heterocycles. The third-order valence-electron chi connectivity index (χ3n) is 3.79. The first-order valence-corrected chi connectivity index (χ1v) is 7.95. The van der Waals surface area contributed by atoms with Crippen LogP contribution in [0.2, 0.25) is 0 Å². The summed E-state index contributed by atoms with van der Waals surface area (Å²) in [5, 5.41) is 3.00. The number of furan rings is 1. The number of benzene rings is 1. The SMILES string of the molecule is C[C@H](CCc1ccco1)NC(=O)c1ccc2c(c1)OCCCO2. The zero-order valence-corrected chi connectivity index (χ0v) is 13.2. The monoisotopic (exact) mass is 315 g/mol. The number of fused-ring (bicyclic) bond motifs is 1. The number of amides is 1. The third kappa shape index (κ3) is 4.06. The van der Waals surface area contributed by atoms with E-state index < -0.39 is 0 Å². The maximum absolute atomic E-state index is 12.4. The first-order valence-electron chi connectivity index (χ1n) is 7.95. The molecule has 1 aliphatic rings. The van der Waals surface area contributed by atoms with Crippen molar-refractivity contribution in [2.45, 2.75) is 32.2 Å². The van der Waals surface area contributed by atoms with Gasteiger partial charge in [-0.05, 0) is 43.7 Å². The highest BCUT2D eigenvalue weighted by Gasteiger charge is 2.15. The van der Waals surface area contributed by atoms with E-state index >= 15 is 0 Å². The predicted molar refractivity (Wildman–Crippen MR) is 86.0 cm³/mol. The van der Waals surface area contributed by atoms with Gasteiger partial charge in [0, 0.05) is 24.4 Å². The molecule has 0 spiro atoms. The standard InChI is InChI=1S/C18H21NO4/c1-13(5-7-15-4-2-9-21-15)19-18(20)14-6-8-16-17(12-14)23-11-3-10-22-16/h2,4,6,8-9,12-13H,3,5,7,10-11H2,1H3,(H,19,20)/t13-/m1/s1. The Morgan fingerprint density at radius 3 is 2.83 bits per heavy atom. The molecule has 2 heterocycles. The summed E-state index contributed by atoms with van der Waals surface area (Å²) in [5.41, 5.74) is 0.582. The van der Waals surface area contributed by atoms with E-state index in [-0.39, 0.29) is 11.9 Å². The fourth-order valence-corrected chi connectivity index (χ4v) is 2.50. The van der Waals surface area contributed by atoms with Gasteiger partial charge >= 0.3 is 0 Å². The fourth-order valence-electron chi connectivity index (χ4n) is 2.50. The average Bonchev–Trinajstić information content (AvgIpc) is 2.96. The number of aryl methyl sites for hydroxylation is 1. The van der Waals surface area contributed by atoms with E-state index in [1.165, 1.54) is 0 Å². The van der Waals surface area contributed by atoms with Crippen LogP contribution in [0.3, 0.4) is 0 Å². The average molecular weight is 315 g/mol. The topological polar surface area (TPSA) is 60.7 Å². The molecule has 0 saturated heterocycles.